The van der Waals surface area contributed by atoms with E-state index in [1.54, 1.807) is 4.90 Å². The predicted octanol–water partition coefficient (Wildman–Crippen LogP) is 5.49. The Balaban J connectivity index is 1.36. The van der Waals surface area contributed by atoms with Crippen molar-refractivity contribution in [2.24, 2.45) is 29.1 Å². The van der Waals surface area contributed by atoms with Crippen molar-refractivity contribution in [1.29, 1.82) is 0 Å². The Kier molecular flexibility index (Phi) is 8.11. The second kappa shape index (κ2) is 11.7. The number of para-hydroxylation sites is 2. The molecule has 1 N–H and O–H groups in total. The van der Waals surface area contributed by atoms with Gasteiger partial charge in [-0.25, -0.2) is 14.8 Å². The summed E-state index contributed by atoms with van der Waals surface area (Å²) in [5.41, 5.74) is 1.81. The van der Waals surface area contributed by atoms with Crippen LogP contribution in [0.4, 0.5) is 4.79 Å². The van der Waals surface area contributed by atoms with E-state index in [-0.39, 0.29) is 30.3 Å². The highest BCUT2D eigenvalue weighted by molar-refractivity contribution is 5.92. The van der Waals surface area contributed by atoms with Gasteiger partial charge in [0.05, 0.1) is 23.6 Å². The average Bonchev–Trinajstić information content (AvgIpc) is 3.49. The van der Waals surface area contributed by atoms with Gasteiger partial charge in [0.2, 0.25) is 11.8 Å². The topological polar surface area (TPSA) is 111 Å². The Morgan fingerprint density at radius 3 is 2.44 bits per heavy atom. The summed E-state index contributed by atoms with van der Waals surface area (Å²) in [6.07, 6.45) is 6.51. The number of Topliss-reactive ketones (excluding diaryl/α,β-unsaturated/α-hetero) is 1. The van der Waals surface area contributed by atoms with Crippen molar-refractivity contribution in [3.8, 4) is 5.88 Å². The van der Waals surface area contributed by atoms with Crippen LogP contribution in [0.1, 0.15) is 85.3 Å². The molecule has 1 saturated heterocycles. The Bertz CT molecular complexity index is 1390. The number of aryl methyl sites for hydroxylation is 1. The van der Waals surface area contributed by atoms with Gasteiger partial charge in [0.1, 0.15) is 23.9 Å². The van der Waals surface area contributed by atoms with E-state index in [4.69, 9.17) is 19.4 Å². The maximum atomic E-state index is 14.3. The highest BCUT2D eigenvalue weighted by Gasteiger charge is 2.55. The first kappa shape index (κ1) is 29.8. The summed E-state index contributed by atoms with van der Waals surface area (Å²) in [5.74, 6) is 1.54. The molecule has 2 aliphatic heterocycles. The Morgan fingerprint density at radius 1 is 1.00 bits per heavy atom. The number of carbonyl (C=O) groups excluding carboxylic acids is 3. The fraction of sp³-hybridized carbons (Fsp3) is 0.676. The van der Waals surface area contributed by atoms with Gasteiger partial charge in [0.15, 0.2) is 5.78 Å². The van der Waals surface area contributed by atoms with Crippen LogP contribution in [0.25, 0.3) is 11.0 Å². The third-order valence-corrected chi connectivity index (χ3v) is 10.3. The highest BCUT2D eigenvalue weighted by Crippen LogP contribution is 2.57. The standard InChI is InChI=1S/C34H46N4O5/c1-6-21-28-18-38(29(21)19(2)39)32(40)30(34(3,4)5)37-33(41)43-27-17-20-16-23(20)22(27)12-8-7-9-15-26-31(42-28)36-25-14-11-10-13-24(25)35-26/h10-11,13-14,20-23,27-30H,6-9,12,15-18H2,1-5H3,(H,37,41)/t20?,21-,22-,23?,27-,28+,29-,30-/m1/s1. The van der Waals surface area contributed by atoms with Gasteiger partial charge in [-0.2, -0.15) is 0 Å². The number of rotatable bonds is 2. The van der Waals surface area contributed by atoms with Crippen LogP contribution in [0, 0.1) is 29.1 Å². The van der Waals surface area contributed by atoms with Gasteiger partial charge in [-0.15, -0.1) is 0 Å². The van der Waals surface area contributed by atoms with Crippen LogP contribution >= 0.6 is 0 Å². The van der Waals surface area contributed by atoms with Gasteiger partial charge in [-0.1, -0.05) is 52.7 Å². The van der Waals surface area contributed by atoms with Crippen molar-refractivity contribution in [1.82, 2.24) is 20.2 Å². The number of nitrogens with one attached hydrogen (secondary N) is 1. The minimum atomic E-state index is -0.859. The van der Waals surface area contributed by atoms with Crippen LogP contribution in [0.15, 0.2) is 24.3 Å². The number of alkyl carbamates (subject to hydrolysis) is 1. The summed E-state index contributed by atoms with van der Waals surface area (Å²) in [7, 11) is 0. The second-order valence-corrected chi connectivity index (χ2v) is 14.3. The minimum absolute atomic E-state index is 0.0923. The molecule has 1 aromatic carbocycles. The van der Waals surface area contributed by atoms with Crippen LogP contribution in [0.5, 0.6) is 5.88 Å². The molecule has 2 amide bonds. The first-order valence-corrected chi connectivity index (χ1v) is 16.3. The fourth-order valence-corrected chi connectivity index (χ4v) is 7.96. The summed E-state index contributed by atoms with van der Waals surface area (Å²) in [4.78, 5) is 52.2. The molecule has 2 unspecified atom stereocenters. The number of carbonyl (C=O) groups is 3. The molecular formula is C34H46N4O5. The first-order chi connectivity index (χ1) is 20.5. The molecule has 1 aromatic heterocycles. The van der Waals surface area contributed by atoms with Crippen molar-refractivity contribution in [3.63, 3.8) is 0 Å². The highest BCUT2D eigenvalue weighted by atomic mass is 16.6. The van der Waals surface area contributed by atoms with E-state index in [9.17, 15) is 14.4 Å². The number of hydrogen-bond donors (Lipinski definition) is 1. The molecule has 2 saturated carbocycles. The van der Waals surface area contributed by atoms with Gasteiger partial charge in [0, 0.05) is 5.92 Å². The number of fused-ring (bicyclic) bond motifs is 7. The molecule has 4 aliphatic rings. The molecule has 9 nitrogen and oxygen atoms in total. The van der Waals surface area contributed by atoms with E-state index >= 15 is 0 Å². The van der Waals surface area contributed by atoms with Gasteiger partial charge in [-0.05, 0) is 80.8 Å². The SMILES string of the molecule is CC[C@@H]1[C@@H]2CN(C(=O)[C@H](C(C)(C)C)NC(=O)O[C@@H]3CC4CC4[C@H]3CCCCCc3nc4ccccc4nc3O2)[C@@H]1C(C)=O. The summed E-state index contributed by atoms with van der Waals surface area (Å²) in [6.45, 7) is 9.56. The number of benzene rings is 1. The lowest BCUT2D eigenvalue weighted by Gasteiger charge is -2.36. The normalized spacial score (nSPS) is 33.3. The quantitative estimate of drug-likeness (QED) is 0.493. The maximum absolute atomic E-state index is 14.3. The monoisotopic (exact) mass is 590 g/mol. The lowest BCUT2D eigenvalue weighted by atomic mass is 9.85. The summed E-state index contributed by atoms with van der Waals surface area (Å²) in [5, 5.41) is 2.94. The zero-order valence-electron chi connectivity index (χ0n) is 26.2. The van der Waals surface area contributed by atoms with Crippen LogP contribution < -0.4 is 10.1 Å². The van der Waals surface area contributed by atoms with E-state index in [2.05, 4.69) is 5.32 Å². The maximum Gasteiger partial charge on any atom is 0.408 e. The summed E-state index contributed by atoms with van der Waals surface area (Å²) < 4.78 is 12.7. The average molecular weight is 591 g/mol. The van der Waals surface area contributed by atoms with Crippen LogP contribution in [-0.4, -0.2) is 63.5 Å². The fourth-order valence-electron chi connectivity index (χ4n) is 7.96. The van der Waals surface area contributed by atoms with Gasteiger partial charge >= 0.3 is 6.09 Å². The molecular weight excluding hydrogens is 544 g/mol. The van der Waals surface area contributed by atoms with Crippen LogP contribution in [-0.2, 0) is 20.7 Å². The molecule has 2 bridgehead atoms. The number of hydrogen-bond acceptors (Lipinski definition) is 7. The first-order valence-electron chi connectivity index (χ1n) is 16.3. The molecule has 3 fully saturated rings. The Labute approximate surface area is 254 Å². The molecule has 6 rings (SSSR count). The van der Waals surface area contributed by atoms with E-state index in [1.165, 1.54) is 13.3 Å². The van der Waals surface area contributed by atoms with Crippen LogP contribution in [0.3, 0.4) is 0 Å². The summed E-state index contributed by atoms with van der Waals surface area (Å²) in [6, 6.07) is 6.29. The lowest BCUT2D eigenvalue weighted by Crippen LogP contribution is -2.57. The molecule has 43 heavy (non-hydrogen) atoms. The molecule has 2 aromatic rings. The minimum Gasteiger partial charge on any atom is -0.471 e. The van der Waals surface area contributed by atoms with Crippen molar-refractivity contribution < 1.29 is 23.9 Å². The molecule has 3 heterocycles. The number of nitrogens with zero attached hydrogens (tertiary/aromatic N) is 3. The summed E-state index contributed by atoms with van der Waals surface area (Å²) >= 11 is 0. The van der Waals surface area contributed by atoms with E-state index in [0.29, 0.717) is 30.1 Å². The molecule has 8 atom stereocenters. The Morgan fingerprint density at radius 2 is 1.74 bits per heavy atom. The number of amides is 2. The van der Waals surface area contributed by atoms with E-state index < -0.39 is 29.7 Å². The number of ether oxygens (including phenoxy) is 2. The molecule has 9 heteroatoms. The molecule has 0 spiro atoms. The van der Waals surface area contributed by atoms with Crippen molar-refractivity contribution >= 4 is 28.8 Å². The third kappa shape index (κ3) is 5.96. The van der Waals surface area contributed by atoms with Gasteiger partial charge in [0.25, 0.3) is 0 Å². The molecule has 2 aliphatic carbocycles. The van der Waals surface area contributed by atoms with Crippen molar-refractivity contribution in [3.05, 3.63) is 30.0 Å². The van der Waals surface area contributed by atoms with Crippen molar-refractivity contribution in [2.75, 3.05) is 6.54 Å². The largest absolute Gasteiger partial charge is 0.471 e. The smallest absolute Gasteiger partial charge is 0.408 e. The molecule has 232 valence electrons. The lowest BCUT2D eigenvalue weighted by molar-refractivity contribution is -0.141. The van der Waals surface area contributed by atoms with Crippen molar-refractivity contribution in [2.45, 2.75) is 110 Å². The van der Waals surface area contributed by atoms with Gasteiger partial charge < -0.3 is 19.7 Å². The number of ketones is 1. The Hall–Kier alpha value is -3.23. The number of aromatic nitrogens is 2. The predicted molar refractivity (Wildman–Crippen MR) is 162 cm³/mol. The van der Waals surface area contributed by atoms with E-state index in [0.717, 1.165) is 55.3 Å². The van der Waals surface area contributed by atoms with E-state index in [1.807, 2.05) is 52.0 Å². The zero-order chi connectivity index (χ0) is 30.5. The third-order valence-electron chi connectivity index (χ3n) is 10.3. The van der Waals surface area contributed by atoms with Gasteiger partial charge in [-0.3, -0.25) is 9.59 Å². The second-order valence-electron chi connectivity index (χ2n) is 14.3. The van der Waals surface area contributed by atoms with Crippen LogP contribution in [0.2, 0.25) is 0 Å². The molecule has 0 radical (unpaired) electrons. The zero-order valence-corrected chi connectivity index (χ0v) is 26.2.